The van der Waals surface area contributed by atoms with Crippen LogP contribution in [0.1, 0.15) is 28.4 Å². The summed E-state index contributed by atoms with van der Waals surface area (Å²) in [5.41, 5.74) is 5.34. The standard InChI is InChI=1S/C25H20FN3OS/c1-2-16-7-9-17(10-8-16)21-15-29-22-12-11-18(13-23(22)31-25(29)28-21)24(30)27-14-19-5-3-4-6-20(19)26/h3-13,15H,2,14H2,1H3,(H,27,30). The van der Waals surface area contributed by atoms with Crippen LogP contribution >= 0.6 is 11.3 Å². The highest BCUT2D eigenvalue weighted by atomic mass is 32.1. The molecular formula is C25H20FN3OS. The van der Waals surface area contributed by atoms with Gasteiger partial charge in [0.15, 0.2) is 4.96 Å². The van der Waals surface area contributed by atoms with E-state index in [4.69, 9.17) is 4.98 Å². The van der Waals surface area contributed by atoms with E-state index in [0.717, 1.165) is 32.9 Å². The van der Waals surface area contributed by atoms with Gasteiger partial charge in [-0.25, -0.2) is 9.37 Å². The summed E-state index contributed by atoms with van der Waals surface area (Å²) in [6.07, 6.45) is 3.05. The van der Waals surface area contributed by atoms with E-state index in [9.17, 15) is 9.18 Å². The number of hydrogen-bond donors (Lipinski definition) is 1. The molecule has 0 bridgehead atoms. The van der Waals surface area contributed by atoms with Crippen LogP contribution in [0.3, 0.4) is 0 Å². The molecule has 0 saturated heterocycles. The van der Waals surface area contributed by atoms with Crippen molar-refractivity contribution in [3.05, 3.63) is 95.4 Å². The first-order valence-corrected chi connectivity index (χ1v) is 11.0. The number of thiazole rings is 1. The summed E-state index contributed by atoms with van der Waals surface area (Å²) >= 11 is 1.55. The van der Waals surface area contributed by atoms with E-state index in [2.05, 4.69) is 40.9 Å². The molecule has 1 amide bonds. The molecule has 3 aromatic carbocycles. The normalized spacial score (nSPS) is 11.3. The lowest BCUT2D eigenvalue weighted by atomic mass is 10.1. The van der Waals surface area contributed by atoms with Gasteiger partial charge in [0, 0.05) is 29.4 Å². The number of aryl methyl sites for hydroxylation is 1. The van der Waals surface area contributed by atoms with E-state index >= 15 is 0 Å². The minimum atomic E-state index is -0.321. The van der Waals surface area contributed by atoms with Gasteiger partial charge >= 0.3 is 0 Å². The summed E-state index contributed by atoms with van der Waals surface area (Å²) in [6, 6.07) is 20.5. The van der Waals surface area contributed by atoms with Crippen LogP contribution in [0, 0.1) is 5.82 Å². The summed E-state index contributed by atoms with van der Waals surface area (Å²) in [6.45, 7) is 2.29. The average Bonchev–Trinajstić information content (AvgIpc) is 3.36. The Morgan fingerprint density at radius 1 is 1.10 bits per heavy atom. The second-order valence-electron chi connectivity index (χ2n) is 7.39. The number of nitrogens with zero attached hydrogens (tertiary/aromatic N) is 2. The van der Waals surface area contributed by atoms with Crippen molar-refractivity contribution in [2.75, 3.05) is 0 Å². The van der Waals surface area contributed by atoms with E-state index in [1.165, 1.54) is 11.6 Å². The molecule has 0 aliphatic carbocycles. The molecule has 0 atom stereocenters. The second-order valence-corrected chi connectivity index (χ2v) is 8.40. The fourth-order valence-corrected chi connectivity index (χ4v) is 4.66. The molecule has 0 radical (unpaired) electrons. The SMILES string of the molecule is CCc1ccc(-c2cn3c(n2)sc2cc(C(=O)NCc4ccccc4F)ccc23)cc1. The van der Waals surface area contributed by atoms with Gasteiger partial charge in [-0.3, -0.25) is 9.20 Å². The number of carbonyl (C=O) groups excluding carboxylic acids is 1. The van der Waals surface area contributed by atoms with Gasteiger partial charge in [-0.1, -0.05) is 60.7 Å². The molecule has 0 aliphatic heterocycles. The average molecular weight is 430 g/mol. The van der Waals surface area contributed by atoms with Gasteiger partial charge in [0.1, 0.15) is 5.82 Å². The zero-order valence-corrected chi connectivity index (χ0v) is 17.7. The summed E-state index contributed by atoms with van der Waals surface area (Å²) < 4.78 is 16.8. The summed E-state index contributed by atoms with van der Waals surface area (Å²) in [5.74, 6) is -0.550. The van der Waals surface area contributed by atoms with Gasteiger partial charge in [0.25, 0.3) is 5.91 Å². The van der Waals surface area contributed by atoms with Crippen molar-refractivity contribution in [1.29, 1.82) is 0 Å². The molecule has 0 saturated carbocycles. The van der Waals surface area contributed by atoms with Gasteiger partial charge < -0.3 is 5.32 Å². The molecule has 31 heavy (non-hydrogen) atoms. The number of aromatic nitrogens is 2. The van der Waals surface area contributed by atoms with Crippen molar-refractivity contribution in [3.8, 4) is 11.3 Å². The minimum absolute atomic E-state index is 0.150. The molecule has 5 aromatic rings. The van der Waals surface area contributed by atoms with Crippen molar-refractivity contribution >= 4 is 32.4 Å². The molecule has 2 heterocycles. The van der Waals surface area contributed by atoms with Crippen molar-refractivity contribution in [3.63, 3.8) is 0 Å². The maximum absolute atomic E-state index is 13.8. The molecule has 0 unspecified atom stereocenters. The number of carbonyl (C=O) groups is 1. The number of nitrogens with one attached hydrogen (secondary N) is 1. The third-order valence-electron chi connectivity index (χ3n) is 5.41. The van der Waals surface area contributed by atoms with Crippen molar-refractivity contribution in [1.82, 2.24) is 14.7 Å². The van der Waals surface area contributed by atoms with Crippen LogP contribution in [0.15, 0.2) is 72.9 Å². The molecule has 4 nitrogen and oxygen atoms in total. The third-order valence-corrected chi connectivity index (χ3v) is 6.43. The highest BCUT2D eigenvalue weighted by Crippen LogP contribution is 2.30. The van der Waals surface area contributed by atoms with Gasteiger partial charge in [-0.15, -0.1) is 0 Å². The number of fused-ring (bicyclic) bond motifs is 3. The van der Waals surface area contributed by atoms with Crippen LogP contribution in [-0.2, 0) is 13.0 Å². The zero-order valence-electron chi connectivity index (χ0n) is 16.9. The first-order valence-electron chi connectivity index (χ1n) is 10.1. The van der Waals surface area contributed by atoms with Gasteiger partial charge in [0.05, 0.1) is 15.9 Å². The smallest absolute Gasteiger partial charge is 0.251 e. The number of imidazole rings is 1. The van der Waals surface area contributed by atoms with Crippen LogP contribution < -0.4 is 5.32 Å². The second kappa shape index (κ2) is 7.96. The highest BCUT2D eigenvalue weighted by molar-refractivity contribution is 7.23. The zero-order chi connectivity index (χ0) is 21.4. The minimum Gasteiger partial charge on any atom is -0.348 e. The van der Waals surface area contributed by atoms with E-state index in [-0.39, 0.29) is 18.3 Å². The Bertz CT molecular complexity index is 1400. The predicted octanol–water partition coefficient (Wildman–Crippen LogP) is 5.85. The fourth-order valence-electron chi connectivity index (χ4n) is 3.61. The van der Waals surface area contributed by atoms with E-state index in [1.54, 1.807) is 35.6 Å². The molecule has 0 fully saturated rings. The maximum Gasteiger partial charge on any atom is 0.251 e. The topological polar surface area (TPSA) is 46.4 Å². The molecule has 2 aromatic heterocycles. The van der Waals surface area contributed by atoms with Crippen LogP contribution in [0.25, 0.3) is 26.4 Å². The molecule has 1 N–H and O–H groups in total. The van der Waals surface area contributed by atoms with Gasteiger partial charge in [-0.2, -0.15) is 0 Å². The first-order chi connectivity index (χ1) is 15.1. The van der Waals surface area contributed by atoms with E-state index in [1.807, 2.05) is 18.3 Å². The van der Waals surface area contributed by atoms with Crippen molar-refractivity contribution in [2.24, 2.45) is 0 Å². The van der Waals surface area contributed by atoms with E-state index in [0.29, 0.717) is 11.1 Å². The lowest BCUT2D eigenvalue weighted by molar-refractivity contribution is 0.0950. The highest BCUT2D eigenvalue weighted by Gasteiger charge is 2.13. The number of halogens is 1. The van der Waals surface area contributed by atoms with Crippen LogP contribution in [0.5, 0.6) is 0 Å². The fraction of sp³-hybridized carbons (Fsp3) is 0.120. The van der Waals surface area contributed by atoms with E-state index < -0.39 is 0 Å². The lowest BCUT2D eigenvalue weighted by Crippen LogP contribution is -2.23. The molecule has 5 rings (SSSR count). The first kappa shape index (κ1) is 19.5. The quantitative estimate of drug-likeness (QED) is 0.381. The Morgan fingerprint density at radius 3 is 2.68 bits per heavy atom. The molecule has 0 aliphatic rings. The summed E-state index contributed by atoms with van der Waals surface area (Å²) in [4.78, 5) is 18.2. The molecule has 6 heteroatoms. The molecular weight excluding hydrogens is 409 g/mol. The lowest BCUT2D eigenvalue weighted by Gasteiger charge is -2.06. The third kappa shape index (κ3) is 3.70. The molecule has 154 valence electrons. The maximum atomic E-state index is 13.8. The Kier molecular flexibility index (Phi) is 5.00. The number of benzene rings is 3. The van der Waals surface area contributed by atoms with Crippen molar-refractivity contribution in [2.45, 2.75) is 19.9 Å². The van der Waals surface area contributed by atoms with Crippen LogP contribution in [0.2, 0.25) is 0 Å². The Morgan fingerprint density at radius 2 is 1.90 bits per heavy atom. The van der Waals surface area contributed by atoms with Crippen LogP contribution in [-0.4, -0.2) is 15.3 Å². The van der Waals surface area contributed by atoms with Crippen molar-refractivity contribution < 1.29 is 9.18 Å². The Labute approximate surface area is 183 Å². The van der Waals surface area contributed by atoms with Gasteiger partial charge in [-0.05, 0) is 36.2 Å². The molecule has 0 spiro atoms. The van der Waals surface area contributed by atoms with Gasteiger partial charge in [0.2, 0.25) is 0 Å². The number of rotatable bonds is 5. The number of amides is 1. The predicted molar refractivity (Wildman–Crippen MR) is 123 cm³/mol. The monoisotopic (exact) mass is 429 g/mol. The Hall–Kier alpha value is -3.51. The van der Waals surface area contributed by atoms with Crippen LogP contribution in [0.4, 0.5) is 4.39 Å². The number of hydrogen-bond acceptors (Lipinski definition) is 3. The summed E-state index contributed by atoms with van der Waals surface area (Å²) in [7, 11) is 0. The Balaban J connectivity index is 1.39. The summed E-state index contributed by atoms with van der Waals surface area (Å²) in [5, 5.41) is 2.79. The largest absolute Gasteiger partial charge is 0.348 e.